The predicted octanol–water partition coefficient (Wildman–Crippen LogP) is 6.53. The summed E-state index contributed by atoms with van der Waals surface area (Å²) in [6.07, 6.45) is 1.72. The highest BCUT2D eigenvalue weighted by molar-refractivity contribution is 7.90. The topological polar surface area (TPSA) is 198 Å². The van der Waals surface area contributed by atoms with Crippen molar-refractivity contribution in [1.29, 1.82) is 0 Å². The Morgan fingerprint density at radius 2 is 1.54 bits per heavy atom. The lowest BCUT2D eigenvalue weighted by Crippen LogP contribution is -2.41. The highest BCUT2D eigenvalue weighted by Crippen LogP contribution is 2.33. The normalized spacial score (nSPS) is 15.0. The van der Waals surface area contributed by atoms with Crippen LogP contribution in [0.2, 0.25) is 15.1 Å². The van der Waals surface area contributed by atoms with E-state index in [-0.39, 0.29) is 41.7 Å². The van der Waals surface area contributed by atoms with Gasteiger partial charge in [0.05, 0.1) is 26.6 Å². The first kappa shape index (κ1) is 49.1. The molecule has 0 atom stereocenters. The quantitative estimate of drug-likeness (QED) is 0.175. The van der Waals surface area contributed by atoms with Gasteiger partial charge in [-0.1, -0.05) is 54.1 Å². The summed E-state index contributed by atoms with van der Waals surface area (Å²) < 4.78 is 66.6. The van der Waals surface area contributed by atoms with Crippen LogP contribution in [0, 0.1) is 5.92 Å². The molecule has 2 saturated carbocycles. The molecule has 324 valence electrons. The summed E-state index contributed by atoms with van der Waals surface area (Å²) in [7, 11) is 2.90. The van der Waals surface area contributed by atoms with Crippen molar-refractivity contribution in [1.82, 2.24) is 19.4 Å². The van der Waals surface area contributed by atoms with Gasteiger partial charge in [-0.25, -0.2) is 27.4 Å². The second-order valence-corrected chi connectivity index (χ2v) is 17.2. The molecule has 2 aliphatic rings. The van der Waals surface area contributed by atoms with Gasteiger partial charge in [0.25, 0.3) is 0 Å². The molecule has 0 saturated heterocycles. The summed E-state index contributed by atoms with van der Waals surface area (Å²) in [4.78, 5) is 80.9. The number of alkyl halides is 3. The number of anilines is 2. The molecule has 2 N–H and O–H groups in total. The lowest BCUT2D eigenvalue weighted by atomic mass is 9.81. The molecule has 2 aromatic carbocycles. The number of amides is 2. The first-order valence-corrected chi connectivity index (χ1v) is 21.0. The molecule has 2 fully saturated rings. The van der Waals surface area contributed by atoms with Crippen molar-refractivity contribution >= 4 is 79.7 Å². The molecule has 1 heterocycles. The van der Waals surface area contributed by atoms with Crippen molar-refractivity contribution in [3.63, 3.8) is 0 Å². The van der Waals surface area contributed by atoms with Crippen molar-refractivity contribution in [2.75, 3.05) is 51.3 Å². The fourth-order valence-corrected chi connectivity index (χ4v) is 7.59. The van der Waals surface area contributed by atoms with Crippen molar-refractivity contribution < 1.29 is 45.5 Å². The summed E-state index contributed by atoms with van der Waals surface area (Å²) in [5.41, 5.74) is -0.814. The Hall–Kier alpha value is -4.30. The number of nitrogens with zero attached hydrogens (tertiary/aromatic N) is 4. The van der Waals surface area contributed by atoms with Crippen LogP contribution in [-0.2, 0) is 30.8 Å². The van der Waals surface area contributed by atoms with Gasteiger partial charge in [0.1, 0.15) is 12.5 Å². The molecule has 0 spiro atoms. The molecular weight excluding hydrogens is 868 g/mol. The third kappa shape index (κ3) is 14.2. The number of aromatic amines is 1. The Morgan fingerprint density at radius 3 is 2.05 bits per heavy atom. The van der Waals surface area contributed by atoms with Crippen molar-refractivity contribution in [2.45, 2.75) is 75.1 Å². The third-order valence-corrected chi connectivity index (χ3v) is 11.3. The summed E-state index contributed by atoms with van der Waals surface area (Å²) >= 11 is 17.6. The zero-order chi connectivity index (χ0) is 44.4. The van der Waals surface area contributed by atoms with Gasteiger partial charge < -0.3 is 19.9 Å². The van der Waals surface area contributed by atoms with Crippen LogP contribution >= 0.6 is 34.8 Å². The molecule has 59 heavy (non-hydrogen) atoms. The predicted molar refractivity (Wildman–Crippen MR) is 217 cm³/mol. The number of nitrogens with one attached hydrogen (secondary N) is 2. The number of sulfone groups is 1. The SMILES string of the molecule is CN(C)C(=O)Nc1ccc(Cl)c(Cl)c1.CN(C)c1nc(=O)n(C2CCCCC2)c(=O)[nH]1.CS(=O)(=O)c1ccc(C(=O)C2C(=O)CCCC2=O)c(Cl)c1COCC(F)(F)F. The molecule has 0 unspecified atom stereocenters. The number of urea groups is 1. The summed E-state index contributed by atoms with van der Waals surface area (Å²) in [6, 6.07) is 6.78. The minimum Gasteiger partial charge on any atom is -0.367 e. The smallest absolute Gasteiger partial charge is 0.367 e. The van der Waals surface area contributed by atoms with Gasteiger partial charge >= 0.3 is 23.6 Å². The van der Waals surface area contributed by atoms with E-state index in [2.05, 4.69) is 20.0 Å². The molecular formula is C37H44Cl3F3N6O9S. The van der Waals surface area contributed by atoms with Gasteiger partial charge in [0, 0.05) is 70.1 Å². The van der Waals surface area contributed by atoms with Crippen molar-refractivity contribution in [3.05, 3.63) is 77.5 Å². The minimum absolute atomic E-state index is 0.0173. The average molecular weight is 912 g/mol. The van der Waals surface area contributed by atoms with Crippen molar-refractivity contribution in [3.8, 4) is 0 Å². The largest absolute Gasteiger partial charge is 0.411 e. The first-order chi connectivity index (χ1) is 27.4. The van der Waals surface area contributed by atoms with E-state index in [4.69, 9.17) is 34.8 Å². The zero-order valence-electron chi connectivity index (χ0n) is 32.8. The number of hydrogen-bond donors (Lipinski definition) is 2. The minimum atomic E-state index is -4.65. The monoisotopic (exact) mass is 910 g/mol. The molecule has 22 heteroatoms. The van der Waals surface area contributed by atoms with Crippen LogP contribution in [0.3, 0.4) is 0 Å². The Bertz CT molecular complexity index is 2210. The van der Waals surface area contributed by atoms with Crippen LogP contribution < -0.4 is 21.6 Å². The summed E-state index contributed by atoms with van der Waals surface area (Å²) in [6.45, 7) is -2.47. The first-order valence-electron chi connectivity index (χ1n) is 18.0. The number of hydrogen-bond acceptors (Lipinski definition) is 11. The maximum Gasteiger partial charge on any atom is 0.411 e. The molecule has 2 aliphatic carbocycles. The highest BCUT2D eigenvalue weighted by Gasteiger charge is 2.38. The van der Waals surface area contributed by atoms with E-state index >= 15 is 0 Å². The second-order valence-electron chi connectivity index (χ2n) is 14.0. The van der Waals surface area contributed by atoms with Crippen LogP contribution in [0.25, 0.3) is 0 Å². The number of carbonyl (C=O) groups excluding carboxylic acids is 4. The third-order valence-electron chi connectivity index (χ3n) is 8.92. The van der Waals surface area contributed by atoms with E-state index in [1.54, 1.807) is 51.3 Å². The van der Waals surface area contributed by atoms with Crippen LogP contribution in [0.4, 0.5) is 29.6 Å². The van der Waals surface area contributed by atoms with Crippen LogP contribution in [0.1, 0.15) is 73.3 Å². The molecule has 0 aliphatic heterocycles. The van der Waals surface area contributed by atoms with E-state index in [0.29, 0.717) is 28.1 Å². The molecule has 0 radical (unpaired) electrons. The number of ether oxygens (including phenoxy) is 1. The number of ketones is 3. The Labute approximate surface area is 353 Å². The fourth-order valence-electron chi connectivity index (χ4n) is 5.99. The number of aromatic nitrogens is 3. The lowest BCUT2D eigenvalue weighted by molar-refractivity contribution is -0.176. The summed E-state index contributed by atoms with van der Waals surface area (Å²) in [5.74, 6) is -3.28. The summed E-state index contributed by atoms with van der Waals surface area (Å²) in [5, 5.41) is 3.08. The van der Waals surface area contributed by atoms with E-state index in [0.717, 1.165) is 44.1 Å². The number of Topliss-reactive ketones (excluding diaryl/α,β-unsaturated/α-hetero) is 3. The molecule has 3 aromatic rings. The van der Waals surface area contributed by atoms with Gasteiger partial charge in [-0.2, -0.15) is 18.2 Å². The molecule has 2 amide bonds. The standard InChI is InChI=1S/C17H16ClF3O6S.C11H18N4O2.C9H10Cl2N2O/c1-28(25,26)13-6-5-9(15(18)10(13)7-27-8-17(19,20)21)16(24)14-11(22)3-2-4-12(14)23;1-14(2)9-12-10(16)15(11(17)13-9)8-6-4-3-5-7-8;1-13(2)9(14)12-6-3-4-7(10)8(11)5-6/h5-6,14H,2-4,7-8H2,1H3;8H,3-7H2,1-2H3,(H,12,13,16,17);3-5H,1-2H3,(H,12,14). The number of rotatable bonds is 9. The second kappa shape index (κ2) is 21.3. The van der Waals surface area contributed by atoms with E-state index in [9.17, 15) is 50.4 Å². The van der Waals surface area contributed by atoms with Gasteiger partial charge in [0.15, 0.2) is 27.2 Å². The van der Waals surface area contributed by atoms with Crippen LogP contribution in [-0.4, -0.2) is 98.5 Å². The lowest BCUT2D eigenvalue weighted by Gasteiger charge is -2.22. The van der Waals surface area contributed by atoms with Crippen molar-refractivity contribution in [2.24, 2.45) is 5.92 Å². The van der Waals surface area contributed by atoms with Crippen LogP contribution in [0.5, 0.6) is 0 Å². The Kier molecular flexibility index (Phi) is 17.7. The molecule has 15 nitrogen and oxygen atoms in total. The Morgan fingerprint density at radius 1 is 0.932 bits per heavy atom. The van der Waals surface area contributed by atoms with E-state index in [1.165, 1.54) is 15.9 Å². The van der Waals surface area contributed by atoms with Gasteiger partial charge in [-0.15, -0.1) is 0 Å². The van der Waals surface area contributed by atoms with Gasteiger partial charge in [-0.3, -0.25) is 19.4 Å². The number of halogens is 6. The van der Waals surface area contributed by atoms with Gasteiger partial charge in [0.2, 0.25) is 5.95 Å². The maximum absolute atomic E-state index is 12.7. The zero-order valence-corrected chi connectivity index (χ0v) is 35.8. The molecule has 0 bridgehead atoms. The fraction of sp³-hybridized carbons (Fsp3) is 0.486. The average Bonchev–Trinajstić information content (AvgIpc) is 3.13. The Balaban J connectivity index is 0.000000255. The van der Waals surface area contributed by atoms with Gasteiger partial charge in [-0.05, 0) is 49.6 Å². The number of H-pyrrole nitrogens is 1. The number of carbonyl (C=O) groups is 4. The van der Waals surface area contributed by atoms with Crippen LogP contribution in [0.15, 0.2) is 44.8 Å². The maximum atomic E-state index is 12.7. The highest BCUT2D eigenvalue weighted by atomic mass is 35.5. The van der Waals surface area contributed by atoms with E-state index in [1.807, 2.05) is 0 Å². The van der Waals surface area contributed by atoms with E-state index < -0.39 is 68.1 Å². The molecule has 5 rings (SSSR count). The number of benzene rings is 2. The molecule has 1 aromatic heterocycles.